The lowest BCUT2D eigenvalue weighted by Crippen LogP contribution is -2.06. The van der Waals surface area contributed by atoms with Crippen LogP contribution in [-0.4, -0.2) is 17.5 Å². The van der Waals surface area contributed by atoms with E-state index in [2.05, 4.69) is 9.78 Å². The van der Waals surface area contributed by atoms with Crippen molar-refractivity contribution in [2.75, 3.05) is 0 Å². The van der Waals surface area contributed by atoms with E-state index in [0.717, 1.165) is 0 Å². The smallest absolute Gasteiger partial charge is 0.114 e. The Kier molecular flexibility index (Phi) is 6.99. The second kappa shape index (κ2) is 7.24. The molecule has 0 aliphatic rings. The van der Waals surface area contributed by atoms with Crippen molar-refractivity contribution < 1.29 is 20.3 Å². The summed E-state index contributed by atoms with van der Waals surface area (Å²) in [5.74, 6) is 0. The molecule has 71 valence electrons. The van der Waals surface area contributed by atoms with Gasteiger partial charge in [-0.1, -0.05) is 19.1 Å². The molecule has 0 fully saturated rings. The van der Waals surface area contributed by atoms with Crippen LogP contribution in [0.4, 0.5) is 0 Å². The van der Waals surface area contributed by atoms with E-state index in [-0.39, 0.29) is 12.2 Å². The van der Waals surface area contributed by atoms with E-state index in [1.807, 2.05) is 6.92 Å². The Morgan fingerprint density at radius 1 is 1.58 bits per heavy atom. The summed E-state index contributed by atoms with van der Waals surface area (Å²) in [5.41, 5.74) is 0. The van der Waals surface area contributed by atoms with Crippen LogP contribution in [0, 0.1) is 0 Å². The van der Waals surface area contributed by atoms with Gasteiger partial charge < -0.3 is 0 Å². The lowest BCUT2D eigenvalue weighted by atomic mass is 10.2. The standard InChI is InChI=1S/C8H15O4/c1-3-8(12-10)6-4-5-7(2)11-9/h4,6-9H,3,5H2,1-2H3/b6-4+. The van der Waals surface area contributed by atoms with Gasteiger partial charge in [-0.3, -0.25) is 5.26 Å². The topological polar surface area (TPSA) is 58.6 Å². The molecule has 0 heterocycles. The molecule has 0 aromatic rings. The Morgan fingerprint density at radius 3 is 2.67 bits per heavy atom. The van der Waals surface area contributed by atoms with Crippen molar-refractivity contribution in [3.63, 3.8) is 0 Å². The first kappa shape index (κ1) is 11.6. The van der Waals surface area contributed by atoms with Crippen LogP contribution in [0.2, 0.25) is 0 Å². The minimum Gasteiger partial charge on any atom is -0.252 e. The zero-order valence-corrected chi connectivity index (χ0v) is 7.40. The molecule has 4 heteroatoms. The molecule has 1 radical (unpaired) electrons. The first-order valence-electron chi connectivity index (χ1n) is 4.00. The fourth-order valence-corrected chi connectivity index (χ4v) is 0.701. The van der Waals surface area contributed by atoms with Crippen molar-refractivity contribution >= 4 is 0 Å². The van der Waals surface area contributed by atoms with Gasteiger partial charge in [-0.25, -0.2) is 4.89 Å². The van der Waals surface area contributed by atoms with Crippen LogP contribution < -0.4 is 0 Å². The fraction of sp³-hybridized carbons (Fsp3) is 0.750. The summed E-state index contributed by atoms with van der Waals surface area (Å²) in [7, 11) is 0. The van der Waals surface area contributed by atoms with E-state index < -0.39 is 0 Å². The van der Waals surface area contributed by atoms with Crippen LogP contribution in [0.15, 0.2) is 12.2 Å². The minimum atomic E-state index is -0.379. The Balaban J connectivity index is 3.58. The third-order valence-corrected chi connectivity index (χ3v) is 1.52. The highest BCUT2D eigenvalue weighted by molar-refractivity contribution is 4.89. The first-order valence-corrected chi connectivity index (χ1v) is 4.00. The molecule has 0 saturated heterocycles. The zero-order chi connectivity index (χ0) is 9.40. The Hall–Kier alpha value is -0.420. The zero-order valence-electron chi connectivity index (χ0n) is 7.40. The molecule has 4 nitrogen and oxygen atoms in total. The Morgan fingerprint density at radius 2 is 2.25 bits per heavy atom. The number of rotatable bonds is 6. The van der Waals surface area contributed by atoms with Gasteiger partial charge in [0.1, 0.15) is 6.10 Å². The van der Waals surface area contributed by atoms with Gasteiger partial charge in [-0.2, -0.15) is 4.89 Å². The van der Waals surface area contributed by atoms with Gasteiger partial charge in [-0.05, 0) is 25.0 Å². The van der Waals surface area contributed by atoms with Crippen molar-refractivity contribution in [3.8, 4) is 0 Å². The molecule has 0 rings (SSSR count). The first-order chi connectivity index (χ1) is 5.74. The lowest BCUT2D eigenvalue weighted by molar-refractivity contribution is -0.324. The quantitative estimate of drug-likeness (QED) is 0.381. The van der Waals surface area contributed by atoms with Gasteiger partial charge in [0.25, 0.3) is 0 Å². The molecule has 0 aromatic carbocycles. The highest BCUT2D eigenvalue weighted by Crippen LogP contribution is 2.01. The van der Waals surface area contributed by atoms with Crippen molar-refractivity contribution in [1.82, 2.24) is 0 Å². The van der Waals surface area contributed by atoms with Crippen LogP contribution in [0.3, 0.4) is 0 Å². The second-order valence-electron chi connectivity index (χ2n) is 2.62. The molecule has 0 saturated carbocycles. The predicted molar refractivity (Wildman–Crippen MR) is 42.8 cm³/mol. The van der Waals surface area contributed by atoms with Gasteiger partial charge in [0.2, 0.25) is 0 Å². The van der Waals surface area contributed by atoms with Gasteiger partial charge in [0.15, 0.2) is 0 Å². The van der Waals surface area contributed by atoms with Crippen LogP contribution in [-0.2, 0) is 15.0 Å². The third kappa shape index (κ3) is 5.26. The summed E-state index contributed by atoms with van der Waals surface area (Å²) < 4.78 is 0. The molecule has 0 aromatic heterocycles. The van der Waals surface area contributed by atoms with Gasteiger partial charge in [-0.15, -0.1) is 0 Å². The summed E-state index contributed by atoms with van der Waals surface area (Å²) in [6.45, 7) is 3.59. The molecule has 0 amide bonds. The molecule has 12 heavy (non-hydrogen) atoms. The average molecular weight is 175 g/mol. The van der Waals surface area contributed by atoms with Crippen LogP contribution in [0.1, 0.15) is 26.7 Å². The molecule has 0 aliphatic heterocycles. The maximum absolute atomic E-state index is 9.97. The highest BCUT2D eigenvalue weighted by Gasteiger charge is 2.01. The van der Waals surface area contributed by atoms with E-state index in [4.69, 9.17) is 5.26 Å². The Labute approximate surface area is 72.3 Å². The fourth-order valence-electron chi connectivity index (χ4n) is 0.701. The van der Waals surface area contributed by atoms with E-state index in [0.29, 0.717) is 12.8 Å². The maximum Gasteiger partial charge on any atom is 0.114 e. The molecular weight excluding hydrogens is 160 g/mol. The third-order valence-electron chi connectivity index (χ3n) is 1.52. The molecule has 0 spiro atoms. The van der Waals surface area contributed by atoms with Crippen LogP contribution >= 0.6 is 0 Å². The van der Waals surface area contributed by atoms with Crippen molar-refractivity contribution in [2.24, 2.45) is 0 Å². The molecule has 1 N–H and O–H groups in total. The Bertz CT molecular complexity index is 120. The summed E-state index contributed by atoms with van der Waals surface area (Å²) >= 11 is 0. The molecule has 2 unspecified atom stereocenters. The van der Waals surface area contributed by atoms with Crippen molar-refractivity contribution in [3.05, 3.63) is 12.2 Å². The highest BCUT2D eigenvalue weighted by atomic mass is 17.1. The van der Waals surface area contributed by atoms with Gasteiger partial charge in [0, 0.05) is 0 Å². The number of hydrogen-bond donors (Lipinski definition) is 1. The summed E-state index contributed by atoms with van der Waals surface area (Å²) in [5, 5.41) is 18.2. The van der Waals surface area contributed by atoms with E-state index in [9.17, 15) is 5.26 Å². The molecule has 0 bridgehead atoms. The van der Waals surface area contributed by atoms with Crippen molar-refractivity contribution in [1.29, 1.82) is 0 Å². The summed E-state index contributed by atoms with van der Waals surface area (Å²) in [6.07, 6.45) is 4.02. The van der Waals surface area contributed by atoms with Gasteiger partial charge >= 0.3 is 0 Å². The predicted octanol–water partition coefficient (Wildman–Crippen LogP) is 1.95. The largest absolute Gasteiger partial charge is 0.252 e. The minimum absolute atomic E-state index is 0.245. The molecule has 2 atom stereocenters. The normalized spacial score (nSPS) is 16.7. The van der Waals surface area contributed by atoms with E-state index in [1.165, 1.54) is 0 Å². The van der Waals surface area contributed by atoms with E-state index in [1.54, 1.807) is 19.1 Å². The molecule has 0 aliphatic carbocycles. The summed E-state index contributed by atoms with van der Waals surface area (Å²) in [4.78, 5) is 7.90. The lowest BCUT2D eigenvalue weighted by Gasteiger charge is -2.04. The van der Waals surface area contributed by atoms with E-state index >= 15 is 0 Å². The van der Waals surface area contributed by atoms with Crippen molar-refractivity contribution in [2.45, 2.75) is 38.9 Å². The maximum atomic E-state index is 9.97. The van der Waals surface area contributed by atoms with Crippen LogP contribution in [0.25, 0.3) is 0 Å². The monoisotopic (exact) mass is 175 g/mol. The average Bonchev–Trinajstić information content (AvgIpc) is 2.12. The molecular formula is C8H15O4. The van der Waals surface area contributed by atoms with Crippen LogP contribution in [0.5, 0.6) is 0 Å². The SMILES string of the molecule is CCC(/C=C/CC(C)OO)O[O]. The number of hydrogen-bond acceptors (Lipinski definition) is 3. The van der Waals surface area contributed by atoms with Gasteiger partial charge in [0.05, 0.1) is 6.10 Å². The summed E-state index contributed by atoms with van der Waals surface area (Å²) in [6, 6.07) is 0. The second-order valence-corrected chi connectivity index (χ2v) is 2.62.